The molecule has 0 aromatic rings. The summed E-state index contributed by atoms with van der Waals surface area (Å²) in [7, 11) is 0. The monoisotopic (exact) mass is 854 g/mol. The number of amides is 2. The molecule has 0 saturated carbocycles. The second-order valence-corrected chi connectivity index (χ2v) is 17.0. The van der Waals surface area contributed by atoms with Gasteiger partial charge in [0.25, 0.3) is 0 Å². The van der Waals surface area contributed by atoms with Gasteiger partial charge in [0.1, 0.15) is 25.3 Å². The van der Waals surface area contributed by atoms with Gasteiger partial charge in [-0.1, -0.05) is 146 Å². The third kappa shape index (κ3) is 35.0. The zero-order valence-corrected chi connectivity index (χ0v) is 39.4. The van der Waals surface area contributed by atoms with Crippen molar-refractivity contribution in [1.29, 1.82) is 0 Å². The third-order valence-electron chi connectivity index (χ3n) is 11.3. The molecular formula is C52H91N3O6. The first-order valence-corrected chi connectivity index (χ1v) is 25.1. The van der Waals surface area contributed by atoms with Crippen LogP contribution in [-0.2, 0) is 28.7 Å². The van der Waals surface area contributed by atoms with Gasteiger partial charge in [-0.15, -0.1) is 0 Å². The maximum atomic E-state index is 12.7. The fraction of sp³-hybridized carbons (Fsp3) is 0.769. The fourth-order valence-corrected chi connectivity index (χ4v) is 7.39. The minimum Gasteiger partial charge on any atom is -0.464 e. The minimum atomic E-state index is -0.510. The molecule has 2 atom stereocenters. The number of hydrogen-bond donors (Lipinski definition) is 2. The summed E-state index contributed by atoms with van der Waals surface area (Å²) in [5, 5.41) is 5.81. The zero-order valence-electron chi connectivity index (χ0n) is 39.4. The molecule has 2 unspecified atom stereocenters. The summed E-state index contributed by atoms with van der Waals surface area (Å²) in [5.41, 5.74) is 0. The van der Waals surface area contributed by atoms with E-state index in [-0.39, 0.29) is 23.8 Å². The van der Waals surface area contributed by atoms with Crippen LogP contribution in [0.2, 0.25) is 0 Å². The maximum Gasteiger partial charge on any atom is 0.305 e. The lowest BCUT2D eigenvalue weighted by molar-refractivity contribution is -0.144. The fourth-order valence-electron chi connectivity index (χ4n) is 7.39. The molecule has 0 aromatic heterocycles. The molecule has 2 amide bonds. The van der Waals surface area contributed by atoms with Crippen molar-refractivity contribution in [2.45, 2.75) is 225 Å². The number of hydrogen-bond acceptors (Lipinski definition) is 7. The highest BCUT2D eigenvalue weighted by molar-refractivity contribution is 5.96. The molecule has 0 aliphatic carbocycles. The van der Waals surface area contributed by atoms with Gasteiger partial charge in [-0.05, 0) is 109 Å². The third-order valence-corrected chi connectivity index (χ3v) is 11.3. The van der Waals surface area contributed by atoms with Crippen molar-refractivity contribution < 1.29 is 28.7 Å². The highest BCUT2D eigenvalue weighted by Crippen LogP contribution is 2.13. The van der Waals surface area contributed by atoms with Crippen LogP contribution in [0.15, 0.2) is 48.6 Å². The molecule has 0 spiro atoms. The van der Waals surface area contributed by atoms with Crippen LogP contribution in [-0.4, -0.2) is 73.6 Å². The van der Waals surface area contributed by atoms with Crippen LogP contribution in [0.3, 0.4) is 0 Å². The van der Waals surface area contributed by atoms with E-state index in [0.29, 0.717) is 58.5 Å². The molecule has 9 nitrogen and oxygen atoms in total. The zero-order chi connectivity index (χ0) is 44.3. The number of rotatable bonds is 42. The van der Waals surface area contributed by atoms with Crippen molar-refractivity contribution in [1.82, 2.24) is 15.5 Å². The van der Waals surface area contributed by atoms with Crippen molar-refractivity contribution in [3.05, 3.63) is 48.6 Å². The van der Waals surface area contributed by atoms with Gasteiger partial charge in [0.15, 0.2) is 0 Å². The molecule has 0 aromatic carbocycles. The molecule has 1 heterocycles. The number of unbranched alkanes of at least 4 members (excludes halogenated alkanes) is 18. The summed E-state index contributed by atoms with van der Waals surface area (Å²) in [5.74, 6) is -0.524. The lowest BCUT2D eigenvalue weighted by Crippen LogP contribution is -2.61. The molecule has 1 aliphatic heterocycles. The number of carbonyl (C=O) groups excluding carboxylic acids is 4. The number of allylic oxidation sites excluding steroid dienone is 8. The molecule has 1 rings (SSSR count). The Labute approximate surface area is 373 Å². The highest BCUT2D eigenvalue weighted by Gasteiger charge is 2.32. The summed E-state index contributed by atoms with van der Waals surface area (Å²) in [6.07, 6.45) is 49.0. The van der Waals surface area contributed by atoms with E-state index in [1.165, 1.54) is 77.0 Å². The Morgan fingerprint density at radius 2 is 0.836 bits per heavy atom. The van der Waals surface area contributed by atoms with E-state index >= 15 is 0 Å². The predicted octanol–water partition coefficient (Wildman–Crippen LogP) is 12.3. The highest BCUT2D eigenvalue weighted by atomic mass is 16.5. The van der Waals surface area contributed by atoms with Crippen molar-refractivity contribution in [3.8, 4) is 0 Å². The van der Waals surface area contributed by atoms with Gasteiger partial charge in [-0.3, -0.25) is 24.1 Å². The van der Waals surface area contributed by atoms with Gasteiger partial charge in [0, 0.05) is 25.9 Å². The van der Waals surface area contributed by atoms with Gasteiger partial charge in [0.05, 0.1) is 0 Å². The first-order valence-electron chi connectivity index (χ1n) is 25.1. The van der Waals surface area contributed by atoms with Gasteiger partial charge >= 0.3 is 11.9 Å². The SMILES string of the molecule is CCCCC/C=C\C/C=C\CCCCCCCC(=O)OCCN(CCCCC1NC(=O)C(CCCC)NC1=O)CCOC(=O)CCCCCCC/C=C\C/C=C\CCCCC. The van der Waals surface area contributed by atoms with Gasteiger partial charge in [0.2, 0.25) is 11.8 Å². The Morgan fingerprint density at radius 3 is 1.26 bits per heavy atom. The van der Waals surface area contributed by atoms with E-state index in [9.17, 15) is 19.2 Å². The maximum absolute atomic E-state index is 12.7. The first kappa shape index (κ1) is 55.8. The van der Waals surface area contributed by atoms with Crippen LogP contribution in [0, 0.1) is 0 Å². The smallest absolute Gasteiger partial charge is 0.305 e. The van der Waals surface area contributed by atoms with Crippen molar-refractivity contribution in [3.63, 3.8) is 0 Å². The topological polar surface area (TPSA) is 114 Å². The van der Waals surface area contributed by atoms with Gasteiger partial charge in [-0.2, -0.15) is 0 Å². The Kier molecular flexibility index (Phi) is 38.5. The Bertz CT molecular complexity index is 1150. The number of piperazine rings is 1. The molecule has 0 bridgehead atoms. The second-order valence-electron chi connectivity index (χ2n) is 17.0. The van der Waals surface area contributed by atoms with E-state index in [2.05, 4.69) is 84.9 Å². The van der Waals surface area contributed by atoms with E-state index in [1.54, 1.807) is 0 Å². The summed E-state index contributed by atoms with van der Waals surface area (Å²) < 4.78 is 11.2. The Morgan fingerprint density at radius 1 is 0.459 bits per heavy atom. The number of nitrogens with zero attached hydrogens (tertiary/aromatic N) is 1. The predicted molar refractivity (Wildman–Crippen MR) is 254 cm³/mol. The molecule has 1 fully saturated rings. The quantitative estimate of drug-likeness (QED) is 0.0357. The van der Waals surface area contributed by atoms with Crippen LogP contribution >= 0.6 is 0 Å². The van der Waals surface area contributed by atoms with Crippen LogP contribution in [0.4, 0.5) is 0 Å². The molecule has 61 heavy (non-hydrogen) atoms. The lowest BCUT2D eigenvalue weighted by Gasteiger charge is -2.30. The molecule has 1 saturated heterocycles. The summed E-state index contributed by atoms with van der Waals surface area (Å²) >= 11 is 0. The second kappa shape index (κ2) is 42.1. The molecule has 9 heteroatoms. The Balaban J connectivity index is 2.33. The van der Waals surface area contributed by atoms with Crippen LogP contribution in [0.5, 0.6) is 0 Å². The molecular weight excluding hydrogens is 763 g/mol. The van der Waals surface area contributed by atoms with Gasteiger partial charge in [-0.25, -0.2) is 0 Å². The number of carbonyl (C=O) groups is 4. The van der Waals surface area contributed by atoms with E-state index < -0.39 is 12.1 Å². The average Bonchev–Trinajstić information content (AvgIpc) is 3.25. The average molecular weight is 854 g/mol. The molecule has 350 valence electrons. The normalized spacial score (nSPS) is 15.8. The number of nitrogens with one attached hydrogen (secondary N) is 2. The van der Waals surface area contributed by atoms with Crippen LogP contribution in [0.25, 0.3) is 0 Å². The molecule has 2 N–H and O–H groups in total. The largest absolute Gasteiger partial charge is 0.464 e. The van der Waals surface area contributed by atoms with Crippen LogP contribution in [0.1, 0.15) is 213 Å². The number of esters is 2. The van der Waals surface area contributed by atoms with E-state index in [4.69, 9.17) is 9.47 Å². The van der Waals surface area contributed by atoms with E-state index in [1.807, 2.05) is 0 Å². The van der Waals surface area contributed by atoms with Crippen LogP contribution < -0.4 is 10.6 Å². The standard InChI is InChI=1S/C52H91N3O6/c1-4-7-10-12-14-16-18-20-22-24-26-28-30-32-34-40-49(56)60-45-43-55(42-37-36-39-48-52(59)53-47(38-9-6-3)51(58)54-48)44-46-61-50(57)41-35-33-31-29-27-25-23-21-19-17-15-13-11-8-5-2/h14-17,20-23,47-48H,4-13,18-19,24-46H2,1-3H3,(H,53,59)(H,54,58)/b16-14-,17-15-,22-20-,23-21-. The Hall–Kier alpha value is -3.20. The van der Waals surface area contributed by atoms with Gasteiger partial charge < -0.3 is 20.1 Å². The summed E-state index contributed by atoms with van der Waals surface area (Å²) in [6.45, 7) is 8.94. The van der Waals surface area contributed by atoms with Crippen molar-refractivity contribution in [2.24, 2.45) is 0 Å². The lowest BCUT2D eigenvalue weighted by atomic mass is 10.0. The molecule has 1 aliphatic rings. The van der Waals surface area contributed by atoms with Crippen molar-refractivity contribution >= 4 is 23.8 Å². The van der Waals surface area contributed by atoms with Crippen molar-refractivity contribution in [2.75, 3.05) is 32.8 Å². The molecule has 0 radical (unpaired) electrons. The first-order chi connectivity index (χ1) is 29.9. The van der Waals surface area contributed by atoms with E-state index in [0.717, 1.165) is 89.9 Å². The number of ether oxygens (including phenoxy) is 2. The summed E-state index contributed by atoms with van der Waals surface area (Å²) in [6, 6.07) is -0.945. The summed E-state index contributed by atoms with van der Waals surface area (Å²) in [4.78, 5) is 52.4. The minimum absolute atomic E-state index is 0.0945.